The van der Waals surface area contributed by atoms with Crippen molar-refractivity contribution in [3.63, 3.8) is 0 Å². The van der Waals surface area contributed by atoms with Crippen LogP contribution < -0.4 is 9.64 Å². The Labute approximate surface area is 176 Å². The number of hydrogen-bond donors (Lipinski definition) is 0. The highest BCUT2D eigenvalue weighted by atomic mass is 32.2. The minimum absolute atomic E-state index is 0.315. The van der Waals surface area contributed by atoms with Crippen molar-refractivity contribution in [3.8, 4) is 5.75 Å². The minimum atomic E-state index is 0.315. The van der Waals surface area contributed by atoms with E-state index in [4.69, 9.17) is 9.72 Å². The van der Waals surface area contributed by atoms with Crippen molar-refractivity contribution in [2.45, 2.75) is 56.1 Å². The summed E-state index contributed by atoms with van der Waals surface area (Å²) in [6.45, 7) is 8.66. The maximum absolute atomic E-state index is 6.23. The lowest BCUT2D eigenvalue weighted by molar-refractivity contribution is 0.163. The number of rotatable bonds is 6. The normalized spacial score (nSPS) is 21.6. The molecule has 5 nitrogen and oxygen atoms in total. The third kappa shape index (κ3) is 4.63. The number of hydrogen-bond acceptors (Lipinski definition) is 7. The van der Waals surface area contributed by atoms with Gasteiger partial charge in [0.15, 0.2) is 0 Å². The zero-order valence-corrected chi connectivity index (χ0v) is 18.6. The van der Waals surface area contributed by atoms with Gasteiger partial charge in [0, 0.05) is 54.6 Å². The van der Waals surface area contributed by atoms with Crippen LogP contribution in [0.2, 0.25) is 0 Å². The molecule has 2 saturated heterocycles. The fourth-order valence-corrected chi connectivity index (χ4v) is 5.31. The van der Waals surface area contributed by atoms with Gasteiger partial charge in [0.1, 0.15) is 17.7 Å². The van der Waals surface area contributed by atoms with Crippen molar-refractivity contribution in [2.24, 2.45) is 0 Å². The number of piperidine rings is 1. The Morgan fingerprint density at radius 2 is 1.86 bits per heavy atom. The summed E-state index contributed by atoms with van der Waals surface area (Å²) >= 11 is 3.32. The van der Waals surface area contributed by atoms with E-state index in [2.05, 4.69) is 58.5 Å². The molecule has 0 amide bonds. The summed E-state index contributed by atoms with van der Waals surface area (Å²) in [4.78, 5) is 11.1. The van der Waals surface area contributed by atoms with Crippen molar-refractivity contribution >= 4 is 28.4 Å². The molecular formula is C21H30N4OS2. The Balaban J connectivity index is 1.26. The maximum atomic E-state index is 6.23. The first kappa shape index (κ1) is 20.0. The topological polar surface area (TPSA) is 41.5 Å². The molecule has 28 heavy (non-hydrogen) atoms. The van der Waals surface area contributed by atoms with Crippen LogP contribution >= 0.6 is 23.3 Å². The number of anilines is 1. The number of nitrogens with zero attached hydrogens (tertiary/aromatic N) is 4. The molecule has 2 aliphatic rings. The van der Waals surface area contributed by atoms with Crippen molar-refractivity contribution < 1.29 is 4.74 Å². The van der Waals surface area contributed by atoms with E-state index in [1.54, 1.807) is 23.3 Å². The van der Waals surface area contributed by atoms with Gasteiger partial charge in [-0.3, -0.25) is 4.90 Å². The Kier molecular flexibility index (Phi) is 6.43. The lowest BCUT2D eigenvalue weighted by Gasteiger charge is -2.36. The Morgan fingerprint density at radius 1 is 1.11 bits per heavy atom. The van der Waals surface area contributed by atoms with Gasteiger partial charge in [-0.2, -0.15) is 4.37 Å². The van der Waals surface area contributed by atoms with Crippen LogP contribution in [0.5, 0.6) is 5.75 Å². The molecule has 0 saturated carbocycles. The molecule has 2 aromatic rings. The van der Waals surface area contributed by atoms with Gasteiger partial charge >= 0.3 is 0 Å². The summed E-state index contributed by atoms with van der Waals surface area (Å²) in [6, 6.07) is 9.14. The average Bonchev–Trinajstić information content (AvgIpc) is 3.39. The summed E-state index contributed by atoms with van der Waals surface area (Å²) in [5.41, 5.74) is 0. The molecule has 152 valence electrons. The van der Waals surface area contributed by atoms with Gasteiger partial charge in [-0.1, -0.05) is 13.8 Å². The van der Waals surface area contributed by atoms with Crippen molar-refractivity contribution in [1.29, 1.82) is 0 Å². The van der Waals surface area contributed by atoms with Gasteiger partial charge in [-0.05, 0) is 49.8 Å². The standard InChI is InChI=1S/C21H30N4OS2/c1-15(2)20-22-21(28-23-20)24-11-8-16(9-12-24)25-13-10-18(14-25)26-17-4-6-19(27-3)7-5-17/h4-7,15-16,18H,8-14H2,1-3H3. The van der Waals surface area contributed by atoms with Crippen molar-refractivity contribution in [3.05, 3.63) is 30.1 Å². The van der Waals surface area contributed by atoms with Gasteiger partial charge in [-0.15, -0.1) is 11.8 Å². The molecule has 3 heterocycles. The maximum Gasteiger partial charge on any atom is 0.205 e. The summed E-state index contributed by atoms with van der Waals surface area (Å²) in [5.74, 6) is 2.38. The molecule has 7 heteroatoms. The Bertz CT molecular complexity index is 756. The van der Waals surface area contributed by atoms with Crippen LogP contribution in [0.3, 0.4) is 0 Å². The first-order valence-corrected chi connectivity index (χ1v) is 12.3. The van der Waals surface area contributed by atoms with Crippen molar-refractivity contribution in [2.75, 3.05) is 37.3 Å². The first-order valence-electron chi connectivity index (χ1n) is 10.3. The highest BCUT2D eigenvalue weighted by molar-refractivity contribution is 7.98. The molecule has 1 aromatic heterocycles. The van der Waals surface area contributed by atoms with E-state index in [0.717, 1.165) is 49.3 Å². The third-order valence-corrected chi connectivity index (χ3v) is 7.27. The SMILES string of the molecule is CSc1ccc(OC2CCN(C3CCN(c4nc(C(C)C)ns4)CC3)C2)cc1. The third-order valence-electron chi connectivity index (χ3n) is 5.74. The molecule has 1 aromatic carbocycles. The van der Waals surface area contributed by atoms with Crippen LogP contribution in [0.1, 0.15) is 44.9 Å². The molecule has 1 unspecified atom stereocenters. The number of likely N-dealkylation sites (tertiary alicyclic amines) is 1. The molecular weight excluding hydrogens is 388 g/mol. The molecule has 2 fully saturated rings. The van der Waals surface area contributed by atoms with Crippen molar-refractivity contribution in [1.82, 2.24) is 14.3 Å². The molecule has 0 spiro atoms. The molecule has 4 rings (SSSR count). The smallest absolute Gasteiger partial charge is 0.205 e. The van der Waals surface area contributed by atoms with Crippen LogP contribution in [-0.2, 0) is 0 Å². The second-order valence-corrected chi connectivity index (χ2v) is 9.62. The summed E-state index contributed by atoms with van der Waals surface area (Å²) in [7, 11) is 0. The lowest BCUT2D eigenvalue weighted by atomic mass is 10.0. The monoisotopic (exact) mass is 418 g/mol. The molecule has 0 bridgehead atoms. The molecule has 0 aliphatic carbocycles. The number of benzene rings is 1. The van der Waals surface area contributed by atoms with E-state index >= 15 is 0 Å². The second kappa shape index (κ2) is 9.01. The van der Waals surface area contributed by atoms with Gasteiger partial charge in [0.05, 0.1) is 0 Å². The summed E-state index contributed by atoms with van der Waals surface area (Å²) < 4.78 is 10.7. The fourth-order valence-electron chi connectivity index (χ4n) is 4.04. The Morgan fingerprint density at radius 3 is 2.50 bits per heavy atom. The predicted octanol–water partition coefficient (Wildman–Crippen LogP) is 4.51. The molecule has 0 N–H and O–H groups in total. The number of ether oxygens (including phenoxy) is 1. The van der Waals surface area contributed by atoms with Gasteiger partial charge in [0.25, 0.3) is 0 Å². The minimum Gasteiger partial charge on any atom is -0.489 e. The lowest BCUT2D eigenvalue weighted by Crippen LogP contribution is -2.44. The van der Waals surface area contributed by atoms with E-state index in [1.165, 1.54) is 17.7 Å². The fraction of sp³-hybridized carbons (Fsp3) is 0.619. The summed E-state index contributed by atoms with van der Waals surface area (Å²) in [5, 5.41) is 1.10. The van der Waals surface area contributed by atoms with Gasteiger partial charge in [-0.25, -0.2) is 4.98 Å². The zero-order valence-electron chi connectivity index (χ0n) is 17.0. The molecule has 0 radical (unpaired) electrons. The van der Waals surface area contributed by atoms with E-state index in [1.807, 2.05) is 0 Å². The highest BCUT2D eigenvalue weighted by Crippen LogP contribution is 2.28. The van der Waals surface area contributed by atoms with Crippen LogP contribution in [0.4, 0.5) is 5.13 Å². The van der Waals surface area contributed by atoms with Crippen LogP contribution in [-0.4, -0.2) is 58.8 Å². The second-order valence-electron chi connectivity index (χ2n) is 8.01. The zero-order chi connectivity index (χ0) is 19.5. The average molecular weight is 419 g/mol. The van der Waals surface area contributed by atoms with E-state index in [9.17, 15) is 0 Å². The first-order chi connectivity index (χ1) is 13.6. The predicted molar refractivity (Wildman–Crippen MR) is 118 cm³/mol. The van der Waals surface area contributed by atoms with Crippen LogP contribution in [0.15, 0.2) is 29.2 Å². The van der Waals surface area contributed by atoms with Crippen LogP contribution in [0, 0.1) is 0 Å². The van der Waals surface area contributed by atoms with E-state index in [0.29, 0.717) is 18.1 Å². The molecule has 2 aliphatic heterocycles. The van der Waals surface area contributed by atoms with Gasteiger partial charge < -0.3 is 9.64 Å². The number of aromatic nitrogens is 2. The largest absolute Gasteiger partial charge is 0.489 e. The van der Waals surface area contributed by atoms with Gasteiger partial charge in [0.2, 0.25) is 5.13 Å². The van der Waals surface area contributed by atoms with E-state index < -0.39 is 0 Å². The number of thioether (sulfide) groups is 1. The molecule has 1 atom stereocenters. The van der Waals surface area contributed by atoms with Crippen LogP contribution in [0.25, 0.3) is 0 Å². The Hall–Kier alpha value is -1.31. The van der Waals surface area contributed by atoms with E-state index in [-0.39, 0.29) is 0 Å². The highest BCUT2D eigenvalue weighted by Gasteiger charge is 2.32. The summed E-state index contributed by atoms with van der Waals surface area (Å²) in [6.07, 6.45) is 5.94. The quantitative estimate of drug-likeness (QED) is 0.643.